The van der Waals surface area contributed by atoms with E-state index in [1.54, 1.807) is 5.38 Å². The van der Waals surface area contributed by atoms with Crippen LogP contribution in [0.4, 0.5) is 11.4 Å². The third-order valence-electron chi connectivity index (χ3n) is 5.05. The standard InChI is InChI=1S/C23H16N4O3S.C2H7NO/c28-21-12-18(14-4-3-5-15(10-14)20-13-31-22(26-20)23(29)30)24-17-7-6-16(11-19(17)25-21)27-8-1-2-9-27;3-1-2-4/h1-11,13H,12H2,(H,25,28)(H,29,30);4H,1-3H2. The normalized spacial score (nSPS) is 12.5. The van der Waals surface area contributed by atoms with Gasteiger partial charge in [-0.15, -0.1) is 11.3 Å². The quantitative estimate of drug-likeness (QED) is 0.337. The largest absolute Gasteiger partial charge is 0.476 e. The number of hydrogen-bond acceptors (Lipinski definition) is 7. The van der Waals surface area contributed by atoms with E-state index in [9.17, 15) is 9.59 Å². The summed E-state index contributed by atoms with van der Waals surface area (Å²) in [5, 5.41) is 21.6. The number of aliphatic imine (C=N–C) groups is 1. The average molecular weight is 490 g/mol. The summed E-state index contributed by atoms with van der Waals surface area (Å²) >= 11 is 1.08. The zero-order valence-corrected chi connectivity index (χ0v) is 19.4. The van der Waals surface area contributed by atoms with Crippen LogP contribution in [0, 0.1) is 0 Å². The molecule has 0 atom stereocenters. The van der Waals surface area contributed by atoms with Crippen LogP contribution < -0.4 is 11.1 Å². The third kappa shape index (κ3) is 5.69. The van der Waals surface area contributed by atoms with Gasteiger partial charge >= 0.3 is 5.97 Å². The van der Waals surface area contributed by atoms with Crippen LogP contribution in [0.25, 0.3) is 16.9 Å². The molecular weight excluding hydrogens is 466 g/mol. The van der Waals surface area contributed by atoms with E-state index in [-0.39, 0.29) is 23.9 Å². The van der Waals surface area contributed by atoms with Gasteiger partial charge in [0.2, 0.25) is 10.9 Å². The Kier molecular flexibility index (Phi) is 7.46. The van der Waals surface area contributed by atoms with Crippen LogP contribution >= 0.6 is 11.3 Å². The molecule has 4 aromatic rings. The minimum atomic E-state index is -1.05. The van der Waals surface area contributed by atoms with Crippen LogP contribution in [0.3, 0.4) is 0 Å². The Hall–Kier alpha value is -4.12. The molecule has 0 saturated carbocycles. The van der Waals surface area contributed by atoms with E-state index in [0.29, 0.717) is 29.3 Å². The maximum absolute atomic E-state index is 12.6. The minimum absolute atomic E-state index is 0.0408. The molecule has 35 heavy (non-hydrogen) atoms. The number of nitrogens with zero attached hydrogens (tertiary/aromatic N) is 3. The molecule has 0 saturated heterocycles. The maximum atomic E-state index is 12.6. The predicted octanol–water partition coefficient (Wildman–Crippen LogP) is 3.70. The number of fused-ring (bicyclic) bond motifs is 1. The second-order valence-electron chi connectivity index (χ2n) is 7.51. The van der Waals surface area contributed by atoms with Crippen molar-refractivity contribution >= 4 is 40.3 Å². The first-order valence-corrected chi connectivity index (χ1v) is 11.6. The summed E-state index contributed by atoms with van der Waals surface area (Å²) in [5.74, 6) is -1.19. The van der Waals surface area contributed by atoms with Crippen molar-refractivity contribution in [1.29, 1.82) is 0 Å². The van der Waals surface area contributed by atoms with Gasteiger partial charge in [0.15, 0.2) is 0 Å². The van der Waals surface area contributed by atoms with Gasteiger partial charge in [0, 0.05) is 35.6 Å². The second kappa shape index (κ2) is 10.9. The number of aliphatic hydroxyl groups excluding tert-OH is 1. The average Bonchev–Trinajstić information content (AvgIpc) is 3.55. The number of nitrogens with two attached hydrogens (primary N) is 1. The number of carboxylic acids is 1. The molecule has 1 amide bonds. The fraction of sp³-hybridized carbons (Fsp3) is 0.120. The number of aliphatic hydroxyl groups is 1. The predicted molar refractivity (Wildman–Crippen MR) is 136 cm³/mol. The highest BCUT2D eigenvalue weighted by atomic mass is 32.1. The van der Waals surface area contributed by atoms with E-state index in [2.05, 4.69) is 10.3 Å². The lowest BCUT2D eigenvalue weighted by Crippen LogP contribution is -2.15. The lowest BCUT2D eigenvalue weighted by Gasteiger charge is -2.08. The van der Waals surface area contributed by atoms with E-state index < -0.39 is 5.97 Å². The van der Waals surface area contributed by atoms with Gasteiger partial charge in [-0.2, -0.15) is 0 Å². The van der Waals surface area contributed by atoms with Crippen LogP contribution in [-0.4, -0.2) is 50.5 Å². The summed E-state index contributed by atoms with van der Waals surface area (Å²) < 4.78 is 1.96. The number of nitrogens with one attached hydrogen (secondary N) is 1. The Balaban J connectivity index is 0.000000672. The first kappa shape index (κ1) is 24.0. The highest BCUT2D eigenvalue weighted by Crippen LogP contribution is 2.32. The molecule has 2 aromatic heterocycles. The smallest absolute Gasteiger partial charge is 0.365 e. The zero-order valence-electron chi connectivity index (χ0n) is 18.6. The van der Waals surface area contributed by atoms with Crippen LogP contribution in [0.1, 0.15) is 21.8 Å². The number of hydrogen-bond donors (Lipinski definition) is 4. The molecule has 1 aliphatic heterocycles. The number of aromatic carboxylic acids is 1. The lowest BCUT2D eigenvalue weighted by molar-refractivity contribution is -0.115. The van der Waals surface area contributed by atoms with Gasteiger partial charge in [0.05, 0.1) is 35.8 Å². The SMILES string of the molecule is NCCO.O=C1CC(c2cccc(-c3csc(C(=O)O)n3)c2)=Nc2ccc(-n3cccc3)cc2N1. The molecule has 0 spiro atoms. The molecule has 1 aliphatic rings. The number of anilines is 1. The lowest BCUT2D eigenvalue weighted by atomic mass is 10.0. The van der Waals surface area contributed by atoms with Crippen molar-refractivity contribution in [2.45, 2.75) is 6.42 Å². The second-order valence-corrected chi connectivity index (χ2v) is 8.37. The Morgan fingerprint density at radius 2 is 1.86 bits per heavy atom. The number of thiazole rings is 1. The first-order valence-electron chi connectivity index (χ1n) is 10.7. The van der Waals surface area contributed by atoms with Crippen molar-refractivity contribution in [3.63, 3.8) is 0 Å². The summed E-state index contributed by atoms with van der Waals surface area (Å²) in [6, 6.07) is 17.1. The van der Waals surface area contributed by atoms with Gasteiger partial charge in [-0.05, 0) is 42.0 Å². The zero-order chi connectivity index (χ0) is 24.8. The first-order chi connectivity index (χ1) is 17.0. The van der Waals surface area contributed by atoms with Crippen molar-refractivity contribution in [3.05, 3.63) is 82.9 Å². The molecule has 2 aromatic carbocycles. The van der Waals surface area contributed by atoms with Crippen LogP contribution in [0.15, 0.2) is 77.4 Å². The molecular formula is C25H23N5O4S. The Bertz CT molecular complexity index is 1380. The number of carboxylic acid groups (broad SMARTS) is 1. The van der Waals surface area contributed by atoms with Crippen molar-refractivity contribution in [1.82, 2.24) is 9.55 Å². The van der Waals surface area contributed by atoms with Crippen LogP contribution in [0.2, 0.25) is 0 Å². The molecule has 10 heteroatoms. The number of carbonyl (C=O) groups excluding carboxylic acids is 1. The highest BCUT2D eigenvalue weighted by molar-refractivity contribution is 7.11. The maximum Gasteiger partial charge on any atom is 0.365 e. The van der Waals surface area contributed by atoms with Crippen molar-refractivity contribution in [2.24, 2.45) is 10.7 Å². The topological polar surface area (TPSA) is 143 Å². The molecule has 0 bridgehead atoms. The van der Waals surface area contributed by atoms with Crippen molar-refractivity contribution in [2.75, 3.05) is 18.5 Å². The molecule has 0 unspecified atom stereocenters. The van der Waals surface area contributed by atoms with E-state index >= 15 is 0 Å². The van der Waals surface area contributed by atoms with Crippen LogP contribution in [0.5, 0.6) is 0 Å². The Morgan fingerprint density at radius 3 is 2.54 bits per heavy atom. The molecule has 178 valence electrons. The van der Waals surface area contributed by atoms with Crippen LogP contribution in [-0.2, 0) is 4.79 Å². The summed E-state index contributed by atoms with van der Waals surface area (Å²) in [6.45, 7) is 0.472. The Morgan fingerprint density at radius 1 is 1.11 bits per heavy atom. The van der Waals surface area contributed by atoms with Gasteiger partial charge in [-0.25, -0.2) is 9.78 Å². The summed E-state index contributed by atoms with van der Waals surface area (Å²) in [5.41, 5.74) is 9.84. The van der Waals surface area contributed by atoms with Crippen molar-refractivity contribution < 1.29 is 19.8 Å². The minimum Gasteiger partial charge on any atom is -0.476 e. The fourth-order valence-corrected chi connectivity index (χ4v) is 4.11. The Labute approximate surface area is 205 Å². The number of aromatic nitrogens is 2. The van der Waals surface area contributed by atoms with Gasteiger partial charge in [-0.3, -0.25) is 9.79 Å². The molecule has 5 N–H and O–H groups in total. The van der Waals surface area contributed by atoms with E-state index in [4.69, 9.17) is 20.9 Å². The molecule has 9 nitrogen and oxygen atoms in total. The number of rotatable bonds is 5. The van der Waals surface area contributed by atoms with Gasteiger partial charge in [0.25, 0.3) is 0 Å². The monoisotopic (exact) mass is 489 g/mol. The number of carbonyl (C=O) groups is 2. The highest BCUT2D eigenvalue weighted by Gasteiger charge is 2.19. The summed E-state index contributed by atoms with van der Waals surface area (Å²) in [4.78, 5) is 32.6. The molecule has 0 fully saturated rings. The van der Waals surface area contributed by atoms with E-state index in [1.165, 1.54) is 0 Å². The van der Waals surface area contributed by atoms with E-state index in [1.807, 2.05) is 71.6 Å². The summed E-state index contributed by atoms with van der Waals surface area (Å²) in [7, 11) is 0. The number of benzene rings is 2. The molecule has 0 radical (unpaired) electrons. The van der Waals surface area contributed by atoms with E-state index in [0.717, 1.165) is 28.2 Å². The summed E-state index contributed by atoms with van der Waals surface area (Å²) in [6.07, 6.45) is 4.01. The molecule has 0 aliphatic carbocycles. The third-order valence-corrected chi connectivity index (χ3v) is 5.88. The molecule has 5 rings (SSSR count). The van der Waals surface area contributed by atoms with Crippen molar-refractivity contribution in [3.8, 4) is 16.9 Å². The molecule has 3 heterocycles. The van der Waals surface area contributed by atoms with Gasteiger partial charge in [0.1, 0.15) is 0 Å². The van der Waals surface area contributed by atoms with Gasteiger partial charge < -0.3 is 25.8 Å². The number of amides is 1. The van der Waals surface area contributed by atoms with Gasteiger partial charge in [-0.1, -0.05) is 18.2 Å². The fourth-order valence-electron chi connectivity index (χ4n) is 3.45.